The molecule has 2 heterocycles. The zero-order valence-corrected chi connectivity index (χ0v) is 11.8. The molecule has 0 aliphatic carbocycles. The molecule has 2 aliphatic heterocycles. The zero-order chi connectivity index (χ0) is 13.1. The van der Waals surface area contributed by atoms with Gasteiger partial charge in [0, 0.05) is 32.1 Å². The van der Waals surface area contributed by atoms with Crippen LogP contribution in [0.1, 0.15) is 6.92 Å². The number of likely N-dealkylation sites (tertiary alicyclic amines) is 1. The summed E-state index contributed by atoms with van der Waals surface area (Å²) in [6, 6.07) is 0. The van der Waals surface area contributed by atoms with Crippen LogP contribution in [0, 0.1) is 5.92 Å². The Balaban J connectivity index is 1.92. The molecule has 0 radical (unpaired) electrons. The number of ether oxygens (including phenoxy) is 1. The van der Waals surface area contributed by atoms with Gasteiger partial charge in [0.25, 0.3) is 0 Å². The molecule has 0 N–H and O–H groups in total. The van der Waals surface area contributed by atoms with Crippen LogP contribution in [0.15, 0.2) is 0 Å². The van der Waals surface area contributed by atoms with E-state index in [4.69, 9.17) is 4.74 Å². The number of fused-ring (bicyclic) bond motifs is 1. The normalized spacial score (nSPS) is 29.4. The van der Waals surface area contributed by atoms with Crippen molar-refractivity contribution in [2.45, 2.75) is 13.0 Å². The molecule has 2 atom stereocenters. The van der Waals surface area contributed by atoms with E-state index in [1.807, 2.05) is 23.9 Å². The van der Waals surface area contributed by atoms with Crippen LogP contribution in [-0.2, 0) is 9.53 Å². The van der Waals surface area contributed by atoms with E-state index in [2.05, 4.69) is 11.8 Å². The van der Waals surface area contributed by atoms with Crippen molar-refractivity contribution >= 4 is 5.91 Å². The number of amides is 1. The van der Waals surface area contributed by atoms with Crippen molar-refractivity contribution in [1.82, 2.24) is 14.7 Å². The van der Waals surface area contributed by atoms with Crippen LogP contribution in [-0.4, -0.2) is 86.7 Å². The summed E-state index contributed by atoms with van der Waals surface area (Å²) in [5.74, 6) is 0.707. The molecule has 5 heteroatoms. The van der Waals surface area contributed by atoms with Gasteiger partial charge in [0.2, 0.25) is 5.91 Å². The molecule has 18 heavy (non-hydrogen) atoms. The van der Waals surface area contributed by atoms with Gasteiger partial charge in [0.05, 0.1) is 19.3 Å². The summed E-state index contributed by atoms with van der Waals surface area (Å²) in [7, 11) is 3.86. The quantitative estimate of drug-likeness (QED) is 0.695. The fourth-order valence-electron chi connectivity index (χ4n) is 2.82. The molecular formula is C13H25N3O2. The minimum absolute atomic E-state index is 0.222. The third-order valence-electron chi connectivity index (χ3n) is 3.86. The molecule has 0 aromatic carbocycles. The minimum Gasteiger partial charge on any atom is -0.375 e. The molecule has 2 rings (SSSR count). The number of likely N-dealkylation sites (N-methyl/N-ethyl adjacent to an activating group) is 2. The van der Waals surface area contributed by atoms with E-state index in [9.17, 15) is 4.79 Å². The largest absolute Gasteiger partial charge is 0.375 e. The van der Waals surface area contributed by atoms with Crippen molar-refractivity contribution in [2.24, 2.45) is 5.92 Å². The molecule has 0 bridgehead atoms. The molecule has 0 unspecified atom stereocenters. The van der Waals surface area contributed by atoms with Crippen molar-refractivity contribution in [3.8, 4) is 0 Å². The topological polar surface area (TPSA) is 36.0 Å². The lowest BCUT2D eigenvalue weighted by atomic mass is 10.1. The minimum atomic E-state index is 0.222. The van der Waals surface area contributed by atoms with Crippen LogP contribution in [0.2, 0.25) is 0 Å². The summed E-state index contributed by atoms with van der Waals surface area (Å²) >= 11 is 0. The van der Waals surface area contributed by atoms with Crippen molar-refractivity contribution in [2.75, 3.05) is 60.0 Å². The van der Waals surface area contributed by atoms with Gasteiger partial charge in [-0.1, -0.05) is 6.92 Å². The maximum absolute atomic E-state index is 12.1. The monoisotopic (exact) mass is 255 g/mol. The smallest absolute Gasteiger partial charge is 0.236 e. The van der Waals surface area contributed by atoms with Crippen molar-refractivity contribution in [1.29, 1.82) is 0 Å². The third-order valence-corrected chi connectivity index (χ3v) is 3.86. The van der Waals surface area contributed by atoms with E-state index >= 15 is 0 Å². The molecular weight excluding hydrogens is 230 g/mol. The predicted molar refractivity (Wildman–Crippen MR) is 70.5 cm³/mol. The zero-order valence-electron chi connectivity index (χ0n) is 11.8. The number of hydrogen-bond acceptors (Lipinski definition) is 4. The van der Waals surface area contributed by atoms with Crippen LogP contribution in [0.4, 0.5) is 0 Å². The fourth-order valence-corrected chi connectivity index (χ4v) is 2.82. The molecule has 1 amide bonds. The maximum Gasteiger partial charge on any atom is 0.236 e. The number of rotatable bonds is 3. The van der Waals surface area contributed by atoms with Gasteiger partial charge in [0.1, 0.15) is 0 Å². The summed E-state index contributed by atoms with van der Waals surface area (Å²) in [5, 5.41) is 0. The highest BCUT2D eigenvalue weighted by Crippen LogP contribution is 2.23. The lowest BCUT2D eigenvalue weighted by Crippen LogP contribution is -2.38. The molecule has 2 fully saturated rings. The van der Waals surface area contributed by atoms with E-state index in [1.165, 1.54) is 0 Å². The average Bonchev–Trinajstić information content (AvgIpc) is 2.61. The van der Waals surface area contributed by atoms with E-state index in [0.29, 0.717) is 12.5 Å². The lowest BCUT2D eigenvalue weighted by Gasteiger charge is -2.22. The summed E-state index contributed by atoms with van der Waals surface area (Å²) in [6.07, 6.45) is 0.243. The van der Waals surface area contributed by atoms with Gasteiger partial charge in [-0.25, -0.2) is 0 Å². The summed E-state index contributed by atoms with van der Waals surface area (Å²) in [6.45, 7) is 8.26. The maximum atomic E-state index is 12.1. The van der Waals surface area contributed by atoms with Crippen molar-refractivity contribution in [3.05, 3.63) is 0 Å². The molecule has 0 aromatic rings. The SMILES string of the molecule is CCN1CCO[C@@H]2CN(C(=O)CN(C)C)C[C@@H]2C1. The van der Waals surface area contributed by atoms with Crippen LogP contribution >= 0.6 is 0 Å². The molecule has 0 saturated carbocycles. The molecule has 0 spiro atoms. The van der Waals surface area contributed by atoms with Crippen LogP contribution in [0.5, 0.6) is 0 Å². The van der Waals surface area contributed by atoms with Gasteiger partial charge in [0.15, 0.2) is 0 Å². The highest BCUT2D eigenvalue weighted by Gasteiger charge is 2.37. The lowest BCUT2D eigenvalue weighted by molar-refractivity contribution is -0.131. The fraction of sp³-hybridized carbons (Fsp3) is 0.923. The molecule has 104 valence electrons. The number of hydrogen-bond donors (Lipinski definition) is 0. The molecule has 5 nitrogen and oxygen atoms in total. The van der Waals surface area contributed by atoms with Gasteiger partial charge in [-0.05, 0) is 20.6 Å². The van der Waals surface area contributed by atoms with Gasteiger partial charge >= 0.3 is 0 Å². The number of carbonyl (C=O) groups is 1. The molecule has 2 saturated heterocycles. The molecule has 0 aromatic heterocycles. The van der Waals surface area contributed by atoms with Gasteiger partial charge < -0.3 is 19.4 Å². The Hall–Kier alpha value is -0.650. The number of carbonyl (C=O) groups excluding carboxylic acids is 1. The van der Waals surface area contributed by atoms with Gasteiger partial charge in [-0.3, -0.25) is 4.79 Å². The summed E-state index contributed by atoms with van der Waals surface area (Å²) < 4.78 is 5.90. The Morgan fingerprint density at radius 1 is 1.33 bits per heavy atom. The Morgan fingerprint density at radius 3 is 2.78 bits per heavy atom. The van der Waals surface area contributed by atoms with E-state index in [1.54, 1.807) is 0 Å². The second kappa shape index (κ2) is 5.99. The van der Waals surface area contributed by atoms with Crippen molar-refractivity contribution in [3.63, 3.8) is 0 Å². The highest BCUT2D eigenvalue weighted by molar-refractivity contribution is 5.78. The third kappa shape index (κ3) is 3.22. The van der Waals surface area contributed by atoms with E-state index in [-0.39, 0.29) is 12.0 Å². The first-order chi connectivity index (χ1) is 8.60. The van der Waals surface area contributed by atoms with Gasteiger partial charge in [-0.15, -0.1) is 0 Å². The summed E-state index contributed by atoms with van der Waals surface area (Å²) in [5.41, 5.74) is 0. The standard InChI is InChI=1S/C13H25N3O2/c1-4-15-5-6-18-12-9-16(8-11(12)7-15)13(17)10-14(2)3/h11-12H,4-10H2,1-3H3/t11-,12+/m0/s1. The predicted octanol–water partition coefficient (Wildman–Crippen LogP) is -0.273. The second-order valence-corrected chi connectivity index (χ2v) is 5.60. The summed E-state index contributed by atoms with van der Waals surface area (Å²) in [4.78, 5) is 18.4. The Kier molecular flexibility index (Phi) is 4.59. The van der Waals surface area contributed by atoms with Crippen LogP contribution < -0.4 is 0 Å². The first-order valence-electron chi connectivity index (χ1n) is 6.86. The Labute approximate surface area is 110 Å². The van der Waals surface area contributed by atoms with E-state index in [0.717, 1.165) is 39.3 Å². The van der Waals surface area contributed by atoms with E-state index < -0.39 is 0 Å². The Morgan fingerprint density at radius 2 is 2.11 bits per heavy atom. The molecule has 2 aliphatic rings. The second-order valence-electron chi connectivity index (χ2n) is 5.60. The highest BCUT2D eigenvalue weighted by atomic mass is 16.5. The van der Waals surface area contributed by atoms with Crippen LogP contribution in [0.25, 0.3) is 0 Å². The number of nitrogens with zero attached hydrogens (tertiary/aromatic N) is 3. The van der Waals surface area contributed by atoms with Crippen molar-refractivity contribution < 1.29 is 9.53 Å². The first kappa shape index (κ1) is 13.8. The average molecular weight is 255 g/mol. The van der Waals surface area contributed by atoms with Crippen LogP contribution in [0.3, 0.4) is 0 Å². The van der Waals surface area contributed by atoms with Gasteiger partial charge in [-0.2, -0.15) is 0 Å². The Bertz CT molecular complexity index is 296. The first-order valence-corrected chi connectivity index (χ1v) is 6.86.